The maximum Gasteiger partial charge on any atom is 0.254 e. The van der Waals surface area contributed by atoms with Gasteiger partial charge in [0.1, 0.15) is 5.76 Å². The van der Waals surface area contributed by atoms with Crippen molar-refractivity contribution < 1.29 is 14.1 Å². The van der Waals surface area contributed by atoms with Crippen LogP contribution in [0.3, 0.4) is 0 Å². The molecule has 1 fully saturated rings. The molecular weight excluding hydrogens is 338 g/mol. The summed E-state index contributed by atoms with van der Waals surface area (Å²) >= 11 is 1.57. The molecule has 1 aromatic carbocycles. The maximum atomic E-state index is 12.7. The van der Waals surface area contributed by atoms with Crippen LogP contribution in [0.5, 0.6) is 0 Å². The van der Waals surface area contributed by atoms with Crippen molar-refractivity contribution in [3.8, 4) is 0 Å². The van der Waals surface area contributed by atoms with E-state index in [2.05, 4.69) is 10.5 Å². The molecule has 132 valence electrons. The number of thioether (sulfide) groups is 1. The summed E-state index contributed by atoms with van der Waals surface area (Å²) < 4.78 is 4.95. The van der Waals surface area contributed by atoms with Crippen molar-refractivity contribution in [3.63, 3.8) is 0 Å². The van der Waals surface area contributed by atoms with Gasteiger partial charge < -0.3 is 14.7 Å². The lowest BCUT2D eigenvalue weighted by Crippen LogP contribution is -2.41. The van der Waals surface area contributed by atoms with Gasteiger partial charge in [-0.3, -0.25) is 9.59 Å². The van der Waals surface area contributed by atoms with Gasteiger partial charge in [0.25, 0.3) is 5.91 Å². The standard InChI is InChI=1S/C18H21N3O3S/c1-12-11-16(20-24-12)19-17(22)13-7-9-21(10-8-13)18(23)14-5-3-4-6-15(14)25-2/h3-6,11,13H,7-10H2,1-2H3,(H,19,20,22). The van der Waals surface area contributed by atoms with Crippen LogP contribution in [0.1, 0.15) is 29.0 Å². The summed E-state index contributed by atoms with van der Waals surface area (Å²) in [4.78, 5) is 27.9. The van der Waals surface area contributed by atoms with E-state index in [0.717, 1.165) is 10.5 Å². The van der Waals surface area contributed by atoms with Crippen LogP contribution in [0.2, 0.25) is 0 Å². The van der Waals surface area contributed by atoms with Gasteiger partial charge in [-0.05, 0) is 38.2 Å². The summed E-state index contributed by atoms with van der Waals surface area (Å²) in [5.74, 6) is 0.954. The molecule has 1 N–H and O–H groups in total. The highest BCUT2D eigenvalue weighted by molar-refractivity contribution is 7.98. The van der Waals surface area contributed by atoms with Gasteiger partial charge in [-0.1, -0.05) is 17.3 Å². The van der Waals surface area contributed by atoms with Crippen molar-refractivity contribution in [3.05, 3.63) is 41.7 Å². The van der Waals surface area contributed by atoms with E-state index < -0.39 is 0 Å². The number of anilines is 1. The molecule has 0 bridgehead atoms. The van der Waals surface area contributed by atoms with Crippen molar-refractivity contribution in [1.82, 2.24) is 10.1 Å². The lowest BCUT2D eigenvalue weighted by atomic mass is 9.95. The van der Waals surface area contributed by atoms with Crippen molar-refractivity contribution in [2.75, 3.05) is 24.7 Å². The minimum Gasteiger partial charge on any atom is -0.360 e. The molecule has 3 rings (SSSR count). The number of aromatic nitrogens is 1. The molecule has 1 saturated heterocycles. The number of nitrogens with one attached hydrogen (secondary N) is 1. The number of benzene rings is 1. The van der Waals surface area contributed by atoms with Crippen molar-refractivity contribution in [2.45, 2.75) is 24.7 Å². The number of carbonyl (C=O) groups excluding carboxylic acids is 2. The molecule has 0 radical (unpaired) electrons. The van der Waals surface area contributed by atoms with E-state index in [1.54, 1.807) is 24.8 Å². The van der Waals surface area contributed by atoms with Crippen LogP contribution in [0, 0.1) is 12.8 Å². The molecule has 0 atom stereocenters. The zero-order valence-corrected chi connectivity index (χ0v) is 15.1. The number of hydrogen-bond donors (Lipinski definition) is 1. The van der Waals surface area contributed by atoms with Gasteiger partial charge in [-0.25, -0.2) is 0 Å². The Bertz CT molecular complexity index is 766. The Morgan fingerprint density at radius 2 is 2.00 bits per heavy atom. The summed E-state index contributed by atoms with van der Waals surface area (Å²) in [6.45, 7) is 2.94. The lowest BCUT2D eigenvalue weighted by Gasteiger charge is -2.31. The number of carbonyl (C=O) groups is 2. The van der Waals surface area contributed by atoms with Crippen LogP contribution in [-0.2, 0) is 4.79 Å². The Hall–Kier alpha value is -2.28. The summed E-state index contributed by atoms with van der Waals surface area (Å²) in [5, 5.41) is 6.55. The van der Waals surface area contributed by atoms with E-state index in [0.29, 0.717) is 37.5 Å². The molecule has 0 saturated carbocycles. The third-order valence-electron chi connectivity index (χ3n) is 4.37. The fourth-order valence-electron chi connectivity index (χ4n) is 2.99. The molecule has 0 aliphatic carbocycles. The fourth-order valence-corrected chi connectivity index (χ4v) is 3.58. The third-order valence-corrected chi connectivity index (χ3v) is 5.17. The van der Waals surface area contributed by atoms with E-state index in [1.807, 2.05) is 35.4 Å². The summed E-state index contributed by atoms with van der Waals surface area (Å²) in [6.07, 6.45) is 3.26. The first-order valence-electron chi connectivity index (χ1n) is 8.25. The highest BCUT2D eigenvalue weighted by Crippen LogP contribution is 2.25. The Morgan fingerprint density at radius 3 is 2.64 bits per heavy atom. The number of piperidine rings is 1. The predicted molar refractivity (Wildman–Crippen MR) is 96.7 cm³/mol. The number of hydrogen-bond acceptors (Lipinski definition) is 5. The minimum atomic E-state index is -0.114. The van der Waals surface area contributed by atoms with Crippen LogP contribution >= 0.6 is 11.8 Å². The summed E-state index contributed by atoms with van der Waals surface area (Å²) in [5.41, 5.74) is 0.732. The number of likely N-dealkylation sites (tertiary alicyclic amines) is 1. The van der Waals surface area contributed by atoms with Gasteiger partial charge in [0.2, 0.25) is 5.91 Å². The second-order valence-electron chi connectivity index (χ2n) is 6.08. The first-order valence-corrected chi connectivity index (χ1v) is 9.47. The number of aryl methyl sites for hydroxylation is 1. The smallest absolute Gasteiger partial charge is 0.254 e. The van der Waals surface area contributed by atoms with Crippen molar-refractivity contribution >= 4 is 29.4 Å². The van der Waals surface area contributed by atoms with Gasteiger partial charge in [0.15, 0.2) is 5.82 Å². The quantitative estimate of drug-likeness (QED) is 0.849. The molecule has 1 aliphatic rings. The maximum absolute atomic E-state index is 12.7. The number of nitrogens with zero attached hydrogens (tertiary/aromatic N) is 2. The highest BCUT2D eigenvalue weighted by Gasteiger charge is 2.29. The van der Waals surface area contributed by atoms with E-state index in [9.17, 15) is 9.59 Å². The Morgan fingerprint density at radius 1 is 1.28 bits per heavy atom. The second-order valence-corrected chi connectivity index (χ2v) is 6.93. The van der Waals surface area contributed by atoms with Crippen LogP contribution in [0.15, 0.2) is 39.8 Å². The molecule has 2 heterocycles. The van der Waals surface area contributed by atoms with Crippen molar-refractivity contribution in [2.24, 2.45) is 5.92 Å². The topological polar surface area (TPSA) is 75.4 Å². The molecule has 2 aromatic rings. The molecule has 0 spiro atoms. The third kappa shape index (κ3) is 4.04. The molecular formula is C18H21N3O3S. The van der Waals surface area contributed by atoms with E-state index in [-0.39, 0.29) is 17.7 Å². The van der Waals surface area contributed by atoms with Crippen LogP contribution in [0.4, 0.5) is 5.82 Å². The molecule has 1 aliphatic heterocycles. The average Bonchev–Trinajstić information content (AvgIpc) is 3.06. The SMILES string of the molecule is CSc1ccccc1C(=O)N1CCC(C(=O)Nc2cc(C)on2)CC1. The number of rotatable bonds is 4. The molecule has 1 aromatic heterocycles. The van der Waals surface area contributed by atoms with Crippen molar-refractivity contribution in [1.29, 1.82) is 0 Å². The largest absolute Gasteiger partial charge is 0.360 e. The lowest BCUT2D eigenvalue weighted by molar-refractivity contribution is -0.121. The Labute approximate surface area is 150 Å². The first-order chi connectivity index (χ1) is 12.1. The minimum absolute atomic E-state index is 0.0379. The fraction of sp³-hybridized carbons (Fsp3) is 0.389. The van der Waals surface area contributed by atoms with Crippen LogP contribution in [-0.4, -0.2) is 41.2 Å². The molecule has 7 heteroatoms. The first kappa shape index (κ1) is 17.5. The van der Waals surface area contributed by atoms with Gasteiger partial charge in [-0.2, -0.15) is 0 Å². The zero-order chi connectivity index (χ0) is 17.8. The summed E-state index contributed by atoms with van der Waals surface area (Å²) in [7, 11) is 0. The Balaban J connectivity index is 1.58. The zero-order valence-electron chi connectivity index (χ0n) is 14.3. The second kappa shape index (κ2) is 7.74. The van der Waals surface area contributed by atoms with E-state index >= 15 is 0 Å². The molecule has 25 heavy (non-hydrogen) atoms. The van der Waals surface area contributed by atoms with E-state index in [4.69, 9.17) is 4.52 Å². The predicted octanol–water partition coefficient (Wildman–Crippen LogP) is 3.20. The van der Waals surface area contributed by atoms with Gasteiger partial charge in [-0.15, -0.1) is 11.8 Å². The normalized spacial score (nSPS) is 15.2. The van der Waals surface area contributed by atoms with Gasteiger partial charge >= 0.3 is 0 Å². The Kier molecular flexibility index (Phi) is 5.43. The van der Waals surface area contributed by atoms with Crippen LogP contribution < -0.4 is 5.32 Å². The monoisotopic (exact) mass is 359 g/mol. The van der Waals surface area contributed by atoms with Gasteiger partial charge in [0, 0.05) is 30.0 Å². The molecule has 2 amide bonds. The summed E-state index contributed by atoms with van der Waals surface area (Å²) in [6, 6.07) is 9.33. The van der Waals surface area contributed by atoms with Gasteiger partial charge in [0.05, 0.1) is 5.56 Å². The average molecular weight is 359 g/mol. The molecule has 0 unspecified atom stereocenters. The van der Waals surface area contributed by atoms with Crippen LogP contribution in [0.25, 0.3) is 0 Å². The highest BCUT2D eigenvalue weighted by atomic mass is 32.2. The van der Waals surface area contributed by atoms with E-state index in [1.165, 1.54) is 0 Å². The molecule has 6 nitrogen and oxygen atoms in total. The number of amides is 2.